The van der Waals surface area contributed by atoms with Crippen molar-refractivity contribution < 1.29 is 24.9 Å². The maximum Gasteiger partial charge on any atom is 0.123 e. The van der Waals surface area contributed by atoms with E-state index in [0.29, 0.717) is 4.48 Å². The van der Waals surface area contributed by atoms with Gasteiger partial charge < -0.3 is 24.9 Å². The number of quaternary nitrogens is 1. The topological polar surface area (TPSA) is 80.9 Å². The van der Waals surface area contributed by atoms with Gasteiger partial charge in [0.25, 0.3) is 0 Å². The molecule has 8 rings (SSSR count). The van der Waals surface area contributed by atoms with Gasteiger partial charge in [0.2, 0.25) is 0 Å². The van der Waals surface area contributed by atoms with Crippen LogP contribution < -0.4 is 0 Å². The van der Waals surface area contributed by atoms with Crippen molar-refractivity contribution in [3.8, 4) is 34.1 Å². The van der Waals surface area contributed by atoms with Crippen LogP contribution in [0.15, 0.2) is 84.9 Å². The van der Waals surface area contributed by atoms with Gasteiger partial charge in [-0.1, -0.05) is 42.5 Å². The molecule has 3 aliphatic heterocycles. The van der Waals surface area contributed by atoms with Crippen LogP contribution in [0.1, 0.15) is 27.8 Å². The van der Waals surface area contributed by atoms with Gasteiger partial charge in [0.1, 0.15) is 35.6 Å². The molecule has 1 unspecified atom stereocenters. The first-order valence-electron chi connectivity index (χ1n) is 13.1. The van der Waals surface area contributed by atoms with Gasteiger partial charge in [-0.2, -0.15) is 0 Å². The molecular formula is C33H30NO4+. The number of phenolic OH excluding ortho intramolecular Hbond substituents is 4. The molecule has 0 radical (unpaired) electrons. The first-order valence-corrected chi connectivity index (χ1v) is 13.1. The van der Waals surface area contributed by atoms with Crippen molar-refractivity contribution in [2.45, 2.75) is 24.3 Å². The molecule has 3 heterocycles. The van der Waals surface area contributed by atoms with E-state index < -0.39 is 5.41 Å². The van der Waals surface area contributed by atoms with E-state index in [1.54, 1.807) is 24.3 Å². The van der Waals surface area contributed by atoms with E-state index in [1.807, 2.05) is 42.5 Å². The molecule has 0 amide bonds. The molecule has 4 aromatic carbocycles. The highest BCUT2D eigenvalue weighted by molar-refractivity contribution is 5.87. The third-order valence-electron chi connectivity index (χ3n) is 9.10. The lowest BCUT2D eigenvalue weighted by atomic mass is 9.67. The number of likely N-dealkylation sites (N-methyl/N-ethyl adjacent to an activating group) is 1. The molecule has 5 nitrogen and oxygen atoms in total. The third kappa shape index (κ3) is 3.15. The number of hydrogen-bond donors (Lipinski definition) is 4. The quantitative estimate of drug-likeness (QED) is 0.259. The highest BCUT2D eigenvalue weighted by atomic mass is 16.3. The number of nitrogens with zero attached hydrogens (tertiary/aromatic N) is 1. The fourth-order valence-corrected chi connectivity index (χ4v) is 7.43. The minimum absolute atomic E-state index is 0.0740. The summed E-state index contributed by atoms with van der Waals surface area (Å²) in [7, 11) is 2.28. The Balaban J connectivity index is 1.61. The van der Waals surface area contributed by atoms with Gasteiger partial charge in [0, 0.05) is 29.5 Å². The van der Waals surface area contributed by atoms with E-state index in [4.69, 9.17) is 0 Å². The molecule has 1 aliphatic carbocycles. The van der Waals surface area contributed by atoms with Crippen molar-refractivity contribution >= 4 is 5.57 Å². The zero-order valence-corrected chi connectivity index (χ0v) is 21.2. The summed E-state index contributed by atoms with van der Waals surface area (Å²) >= 11 is 0. The van der Waals surface area contributed by atoms with Crippen LogP contribution in [-0.4, -0.2) is 51.1 Å². The van der Waals surface area contributed by atoms with E-state index in [2.05, 4.69) is 25.3 Å². The molecule has 0 fully saturated rings. The maximum absolute atomic E-state index is 11.4. The summed E-state index contributed by atoms with van der Waals surface area (Å²) in [4.78, 5) is 0. The summed E-state index contributed by atoms with van der Waals surface area (Å²) in [5, 5.41) is 43.6. The minimum Gasteiger partial charge on any atom is -0.508 e. The van der Waals surface area contributed by atoms with E-state index in [9.17, 15) is 20.4 Å². The molecule has 0 saturated carbocycles. The molecule has 4 aromatic rings. The Hall–Kier alpha value is -4.22. The normalized spacial score (nSPS) is 25.1. The number of phenols is 4. The van der Waals surface area contributed by atoms with E-state index in [-0.39, 0.29) is 29.0 Å². The van der Waals surface area contributed by atoms with E-state index >= 15 is 0 Å². The van der Waals surface area contributed by atoms with Crippen molar-refractivity contribution in [1.29, 1.82) is 0 Å². The summed E-state index contributed by atoms with van der Waals surface area (Å²) in [5.41, 5.74) is 6.79. The molecule has 4 aliphatic rings. The number of fused-ring (bicyclic) bond motifs is 6. The number of hydrogen-bond acceptors (Lipinski definition) is 4. The molecule has 4 N–H and O–H groups in total. The van der Waals surface area contributed by atoms with Gasteiger partial charge >= 0.3 is 0 Å². The Bertz CT molecular complexity index is 1660. The fraction of sp³-hybridized carbons (Fsp3) is 0.212. The van der Waals surface area contributed by atoms with Gasteiger partial charge in [-0.3, -0.25) is 0 Å². The highest BCUT2D eigenvalue weighted by Crippen LogP contribution is 2.57. The van der Waals surface area contributed by atoms with Gasteiger partial charge in [-0.15, -0.1) is 0 Å². The summed E-state index contributed by atoms with van der Waals surface area (Å²) in [5.74, 6) is 0.832. The van der Waals surface area contributed by atoms with Crippen molar-refractivity contribution in [1.82, 2.24) is 0 Å². The predicted octanol–water partition coefficient (Wildman–Crippen LogP) is 5.49. The Morgan fingerprint density at radius 1 is 0.763 bits per heavy atom. The average Bonchev–Trinajstić information content (AvgIpc) is 3.24. The first-order chi connectivity index (χ1) is 18.3. The maximum atomic E-state index is 11.4. The van der Waals surface area contributed by atoms with Crippen LogP contribution in [0.3, 0.4) is 0 Å². The van der Waals surface area contributed by atoms with Crippen molar-refractivity contribution in [2.24, 2.45) is 0 Å². The van der Waals surface area contributed by atoms with Gasteiger partial charge in [-0.05, 0) is 70.3 Å². The van der Waals surface area contributed by atoms with Gasteiger partial charge in [-0.25, -0.2) is 0 Å². The zero-order chi connectivity index (χ0) is 26.2. The molecule has 38 heavy (non-hydrogen) atoms. The predicted molar refractivity (Wildman–Crippen MR) is 147 cm³/mol. The molecule has 0 aromatic heterocycles. The minimum atomic E-state index is -0.699. The molecule has 0 saturated heterocycles. The number of benzene rings is 4. The largest absolute Gasteiger partial charge is 0.508 e. The lowest BCUT2D eigenvalue weighted by Crippen LogP contribution is -2.63. The van der Waals surface area contributed by atoms with Gasteiger partial charge in [0.05, 0.1) is 19.0 Å². The summed E-state index contributed by atoms with van der Waals surface area (Å²) < 4.78 is 0.700. The summed E-state index contributed by atoms with van der Waals surface area (Å²) in [6.07, 6.45) is 3.84. The Kier molecular flexibility index (Phi) is 4.76. The Morgan fingerprint density at radius 3 is 2.37 bits per heavy atom. The SMILES string of the molecule is C[N+]12CCc3ccc(c(O)c3)-c3ccc(O)cc3C(=C[C@]3(c4cccc(O)c4)c4c(O)cccc4C[C@@H]31)C2. The molecule has 3 atom stereocenters. The van der Waals surface area contributed by atoms with Crippen LogP contribution in [-0.2, 0) is 18.3 Å². The smallest absolute Gasteiger partial charge is 0.123 e. The third-order valence-corrected chi connectivity index (χ3v) is 9.10. The Labute approximate surface area is 221 Å². The number of aromatic hydroxyl groups is 4. The van der Waals surface area contributed by atoms with Crippen LogP contribution in [0.4, 0.5) is 0 Å². The van der Waals surface area contributed by atoms with Gasteiger partial charge in [0.15, 0.2) is 0 Å². The van der Waals surface area contributed by atoms with Crippen LogP contribution in [0, 0.1) is 0 Å². The van der Waals surface area contributed by atoms with Crippen LogP contribution in [0.2, 0.25) is 0 Å². The summed E-state index contributed by atoms with van der Waals surface area (Å²) in [6.45, 7) is 1.56. The standard InChI is InChI=1S/C33H29NO4/c1-34-13-12-20-8-10-27(30(38)14-20)26-11-9-25(36)17-28(26)22(19-34)18-33(23-5-3-6-24(35)16-23)31(34)15-21-4-2-7-29(37)32(21)33/h2-11,14,16-18,31H,12-13,15,19H2,1H3,(H3-,35,36,37,38)/p+1/t31-,33+,34?/m0/s1. The van der Waals surface area contributed by atoms with Crippen molar-refractivity contribution in [3.05, 3.63) is 113 Å². The second kappa shape index (κ2) is 7.89. The lowest BCUT2D eigenvalue weighted by Gasteiger charge is -2.51. The molecule has 5 heteroatoms. The molecule has 4 bridgehead atoms. The van der Waals surface area contributed by atoms with Crippen molar-refractivity contribution in [2.75, 3.05) is 20.1 Å². The second-order valence-electron chi connectivity index (χ2n) is 11.3. The summed E-state index contributed by atoms with van der Waals surface area (Å²) in [6, 6.07) is 24.5. The van der Waals surface area contributed by atoms with Crippen LogP contribution >= 0.6 is 0 Å². The van der Waals surface area contributed by atoms with Crippen LogP contribution in [0.5, 0.6) is 23.0 Å². The molecule has 190 valence electrons. The van der Waals surface area contributed by atoms with E-state index in [0.717, 1.165) is 70.4 Å². The first kappa shape index (κ1) is 22.9. The number of rotatable bonds is 1. The second-order valence-corrected chi connectivity index (χ2v) is 11.3. The lowest BCUT2D eigenvalue weighted by molar-refractivity contribution is -0.930. The zero-order valence-electron chi connectivity index (χ0n) is 21.2. The monoisotopic (exact) mass is 504 g/mol. The average molecular weight is 505 g/mol. The molecule has 0 spiro atoms. The van der Waals surface area contributed by atoms with Crippen molar-refractivity contribution in [3.63, 3.8) is 0 Å². The van der Waals surface area contributed by atoms with Crippen LogP contribution in [0.25, 0.3) is 16.7 Å². The molecular weight excluding hydrogens is 474 g/mol. The highest BCUT2D eigenvalue weighted by Gasteiger charge is 2.59. The Morgan fingerprint density at radius 2 is 1.55 bits per heavy atom. The fourth-order valence-electron chi connectivity index (χ4n) is 7.43. The van der Waals surface area contributed by atoms with E-state index in [1.165, 1.54) is 0 Å².